The lowest BCUT2D eigenvalue weighted by atomic mass is 9.97. The second-order valence-corrected chi connectivity index (χ2v) is 6.15. The van der Waals surface area contributed by atoms with E-state index in [1.807, 2.05) is 0 Å². The summed E-state index contributed by atoms with van der Waals surface area (Å²) in [4.78, 5) is 6.63. The fourth-order valence-corrected chi connectivity index (χ4v) is 3.59. The highest BCUT2D eigenvalue weighted by molar-refractivity contribution is 9.10. The highest BCUT2D eigenvalue weighted by Gasteiger charge is 2.33. The third-order valence-corrected chi connectivity index (χ3v) is 4.57. The van der Waals surface area contributed by atoms with Crippen LogP contribution >= 0.6 is 15.9 Å². The Balaban J connectivity index is 1.98. The molecule has 2 aliphatic heterocycles. The van der Waals surface area contributed by atoms with Crippen molar-refractivity contribution in [1.29, 1.82) is 0 Å². The van der Waals surface area contributed by atoms with Crippen molar-refractivity contribution in [3.63, 3.8) is 0 Å². The molecule has 0 amide bonds. The van der Waals surface area contributed by atoms with Gasteiger partial charge in [0.2, 0.25) is 0 Å². The smallest absolute Gasteiger partial charge is 0.196 e. The molecule has 2 N–H and O–H groups in total. The summed E-state index contributed by atoms with van der Waals surface area (Å²) in [6.07, 6.45) is 0.936. The Morgan fingerprint density at radius 2 is 2.00 bits per heavy atom. The lowest BCUT2D eigenvalue weighted by Crippen LogP contribution is -2.36. The van der Waals surface area contributed by atoms with Gasteiger partial charge < -0.3 is 10.6 Å². The standard InChI is InChI=1S/C16H14BrN3/c17-12-5-6-14-11(8-12)7-10-3-1-2-4-13(10)15-9-19-16(18)20(14)15/h1-6,8,15H,7,9H2,(H2,18,19). The van der Waals surface area contributed by atoms with Crippen LogP contribution in [-0.2, 0) is 6.42 Å². The zero-order chi connectivity index (χ0) is 13.7. The van der Waals surface area contributed by atoms with Crippen molar-refractivity contribution in [3.05, 3.63) is 63.6 Å². The SMILES string of the molecule is NC1=NCC2c3ccccc3Cc3cc(Br)ccc3N12. The Labute approximate surface area is 126 Å². The van der Waals surface area contributed by atoms with Crippen molar-refractivity contribution in [2.75, 3.05) is 11.4 Å². The fraction of sp³-hybridized carbons (Fsp3) is 0.188. The first kappa shape index (κ1) is 12.0. The normalized spacial score (nSPS) is 19.8. The summed E-state index contributed by atoms with van der Waals surface area (Å²) < 4.78 is 1.10. The Kier molecular flexibility index (Phi) is 2.60. The number of nitrogens with two attached hydrogens (primary N) is 1. The number of halogens is 1. The minimum absolute atomic E-state index is 0.230. The molecule has 0 spiro atoms. The third-order valence-electron chi connectivity index (χ3n) is 4.08. The van der Waals surface area contributed by atoms with Gasteiger partial charge in [-0.25, -0.2) is 0 Å². The first-order chi connectivity index (χ1) is 9.74. The van der Waals surface area contributed by atoms with Gasteiger partial charge in [-0.1, -0.05) is 40.2 Å². The zero-order valence-electron chi connectivity index (χ0n) is 10.9. The molecule has 0 radical (unpaired) electrons. The minimum Gasteiger partial charge on any atom is -0.369 e. The highest BCUT2D eigenvalue weighted by Crippen LogP contribution is 2.40. The van der Waals surface area contributed by atoms with E-state index in [0.29, 0.717) is 5.96 Å². The van der Waals surface area contributed by atoms with E-state index in [2.05, 4.69) is 68.3 Å². The summed E-state index contributed by atoms with van der Waals surface area (Å²) in [5, 5.41) is 0. The molecule has 4 heteroatoms. The number of aliphatic imine (C=N–C) groups is 1. The first-order valence-corrected chi connectivity index (χ1v) is 7.49. The topological polar surface area (TPSA) is 41.6 Å². The molecule has 2 aromatic rings. The van der Waals surface area contributed by atoms with Crippen LogP contribution < -0.4 is 10.6 Å². The molecule has 1 unspecified atom stereocenters. The molecule has 2 aromatic carbocycles. The molecule has 2 heterocycles. The predicted molar refractivity (Wildman–Crippen MR) is 85.1 cm³/mol. The Bertz CT molecular complexity index is 723. The summed E-state index contributed by atoms with van der Waals surface area (Å²) >= 11 is 3.56. The van der Waals surface area contributed by atoms with Gasteiger partial charge in [-0.3, -0.25) is 4.99 Å². The van der Waals surface area contributed by atoms with E-state index in [0.717, 1.165) is 17.4 Å². The molecular formula is C16H14BrN3. The largest absolute Gasteiger partial charge is 0.369 e. The van der Waals surface area contributed by atoms with Crippen LogP contribution in [-0.4, -0.2) is 12.5 Å². The van der Waals surface area contributed by atoms with Crippen LogP contribution in [0.3, 0.4) is 0 Å². The summed E-state index contributed by atoms with van der Waals surface area (Å²) in [6, 6.07) is 15.2. The van der Waals surface area contributed by atoms with E-state index in [-0.39, 0.29) is 6.04 Å². The summed E-state index contributed by atoms with van der Waals surface area (Å²) in [5.74, 6) is 0.621. The summed E-state index contributed by atoms with van der Waals surface area (Å²) in [6.45, 7) is 0.734. The van der Waals surface area contributed by atoms with Gasteiger partial charge in [0.25, 0.3) is 0 Å². The average Bonchev–Trinajstić information content (AvgIpc) is 2.75. The van der Waals surface area contributed by atoms with Crippen LogP contribution in [0.25, 0.3) is 0 Å². The minimum atomic E-state index is 0.230. The number of hydrogen-bond donors (Lipinski definition) is 1. The van der Waals surface area contributed by atoms with Gasteiger partial charge in [0.15, 0.2) is 5.96 Å². The van der Waals surface area contributed by atoms with Crippen LogP contribution in [0, 0.1) is 0 Å². The Morgan fingerprint density at radius 1 is 1.15 bits per heavy atom. The third kappa shape index (κ3) is 1.68. The van der Waals surface area contributed by atoms with E-state index in [1.54, 1.807) is 0 Å². The van der Waals surface area contributed by atoms with Gasteiger partial charge in [-0.05, 0) is 41.3 Å². The number of guanidine groups is 1. The zero-order valence-corrected chi connectivity index (χ0v) is 12.5. The average molecular weight is 328 g/mol. The van der Waals surface area contributed by atoms with E-state index in [1.165, 1.54) is 22.4 Å². The van der Waals surface area contributed by atoms with Crippen molar-refractivity contribution in [3.8, 4) is 0 Å². The maximum absolute atomic E-state index is 6.13. The summed E-state index contributed by atoms with van der Waals surface area (Å²) in [7, 11) is 0. The second-order valence-electron chi connectivity index (χ2n) is 5.23. The van der Waals surface area contributed by atoms with E-state index in [9.17, 15) is 0 Å². The molecule has 0 saturated heterocycles. The lowest BCUT2D eigenvalue weighted by molar-refractivity contribution is 0.768. The second kappa shape index (κ2) is 4.35. The predicted octanol–water partition coefficient (Wildman–Crippen LogP) is 3.23. The number of rotatable bonds is 0. The fourth-order valence-electron chi connectivity index (χ4n) is 3.18. The van der Waals surface area contributed by atoms with Gasteiger partial charge in [0.1, 0.15) is 0 Å². The van der Waals surface area contributed by atoms with Gasteiger partial charge >= 0.3 is 0 Å². The first-order valence-electron chi connectivity index (χ1n) is 6.69. The van der Waals surface area contributed by atoms with Gasteiger partial charge in [-0.15, -0.1) is 0 Å². The molecule has 0 aliphatic carbocycles. The number of benzene rings is 2. The van der Waals surface area contributed by atoms with Crippen molar-refractivity contribution in [1.82, 2.24) is 0 Å². The van der Waals surface area contributed by atoms with Crippen molar-refractivity contribution in [2.45, 2.75) is 12.5 Å². The summed E-state index contributed by atoms with van der Waals surface area (Å²) in [5.41, 5.74) is 11.3. The van der Waals surface area contributed by atoms with E-state index >= 15 is 0 Å². The van der Waals surface area contributed by atoms with Gasteiger partial charge in [-0.2, -0.15) is 0 Å². The number of fused-ring (bicyclic) bond motifs is 5. The van der Waals surface area contributed by atoms with E-state index in [4.69, 9.17) is 5.73 Å². The molecule has 0 fully saturated rings. The van der Waals surface area contributed by atoms with Crippen LogP contribution in [0.5, 0.6) is 0 Å². The molecule has 4 rings (SSSR count). The molecule has 100 valence electrons. The number of nitrogens with zero attached hydrogens (tertiary/aromatic N) is 2. The number of anilines is 1. The van der Waals surface area contributed by atoms with Crippen LogP contribution in [0.1, 0.15) is 22.7 Å². The van der Waals surface area contributed by atoms with Crippen molar-refractivity contribution in [2.24, 2.45) is 10.7 Å². The Hall–Kier alpha value is -1.81. The molecule has 0 bridgehead atoms. The van der Waals surface area contributed by atoms with Crippen LogP contribution in [0.4, 0.5) is 5.69 Å². The molecule has 3 nitrogen and oxygen atoms in total. The quantitative estimate of drug-likeness (QED) is 0.807. The van der Waals surface area contributed by atoms with Crippen molar-refractivity contribution >= 4 is 27.6 Å². The van der Waals surface area contributed by atoms with E-state index < -0.39 is 0 Å². The molecule has 0 saturated carbocycles. The van der Waals surface area contributed by atoms with Crippen LogP contribution in [0.15, 0.2) is 51.9 Å². The molecule has 1 atom stereocenters. The molecular weight excluding hydrogens is 314 g/mol. The highest BCUT2D eigenvalue weighted by atomic mass is 79.9. The Morgan fingerprint density at radius 3 is 2.90 bits per heavy atom. The number of hydrogen-bond acceptors (Lipinski definition) is 3. The monoisotopic (exact) mass is 327 g/mol. The molecule has 2 aliphatic rings. The maximum Gasteiger partial charge on any atom is 0.196 e. The van der Waals surface area contributed by atoms with Crippen LogP contribution in [0.2, 0.25) is 0 Å². The molecule has 0 aromatic heterocycles. The van der Waals surface area contributed by atoms with Gasteiger partial charge in [0.05, 0.1) is 12.6 Å². The van der Waals surface area contributed by atoms with Crippen molar-refractivity contribution < 1.29 is 0 Å². The molecule has 20 heavy (non-hydrogen) atoms. The maximum atomic E-state index is 6.13. The van der Waals surface area contributed by atoms with Gasteiger partial charge in [0, 0.05) is 10.2 Å². The lowest BCUT2D eigenvalue weighted by Gasteiger charge is -2.26.